The Hall–Kier alpha value is -3.22. The number of carbonyl (C=O) groups excluding carboxylic acids is 1. The van der Waals surface area contributed by atoms with E-state index >= 15 is 0 Å². The largest absolute Gasteiger partial charge is 0.347 e. The molecule has 3 heterocycles. The maximum atomic E-state index is 13.2. The Balaban J connectivity index is 1.59. The molecule has 0 bridgehead atoms. The summed E-state index contributed by atoms with van der Waals surface area (Å²) < 4.78 is 1.97. The lowest BCUT2D eigenvalue weighted by Crippen LogP contribution is -2.41. The molecule has 3 aromatic rings. The van der Waals surface area contributed by atoms with Gasteiger partial charge in [0.15, 0.2) is 0 Å². The van der Waals surface area contributed by atoms with E-state index in [-0.39, 0.29) is 17.7 Å². The zero-order valence-electron chi connectivity index (χ0n) is 19.4. The van der Waals surface area contributed by atoms with Gasteiger partial charge < -0.3 is 14.4 Å². The van der Waals surface area contributed by atoms with Crippen LogP contribution in [-0.4, -0.2) is 57.5 Å². The summed E-state index contributed by atoms with van der Waals surface area (Å²) in [5.41, 5.74) is 3.18. The number of imidazole rings is 1. The molecule has 0 N–H and O–H groups in total. The maximum absolute atomic E-state index is 13.2. The zero-order chi connectivity index (χ0) is 22.7. The smallest absolute Gasteiger partial charge is 0.242 e. The second-order valence-corrected chi connectivity index (χ2v) is 8.98. The highest BCUT2D eigenvalue weighted by Crippen LogP contribution is 2.34. The molecule has 1 aliphatic heterocycles. The minimum absolute atomic E-state index is 0.137. The molecule has 0 aliphatic carbocycles. The number of amides is 1. The Morgan fingerprint density at radius 1 is 1.19 bits per heavy atom. The molecule has 1 aliphatic rings. The molecule has 1 fully saturated rings. The molecule has 1 amide bonds. The van der Waals surface area contributed by atoms with E-state index in [1.54, 1.807) is 6.20 Å². The lowest BCUT2D eigenvalue weighted by atomic mass is 9.90. The fourth-order valence-corrected chi connectivity index (χ4v) is 4.38. The number of carbonyl (C=O) groups is 1. The first-order valence-corrected chi connectivity index (χ1v) is 11.3. The quantitative estimate of drug-likeness (QED) is 0.590. The van der Waals surface area contributed by atoms with Crippen molar-refractivity contribution in [2.45, 2.75) is 45.1 Å². The fraction of sp³-hybridized carbons (Fsp3) is 0.440. The summed E-state index contributed by atoms with van der Waals surface area (Å²) in [6.45, 7) is 5.99. The van der Waals surface area contributed by atoms with Crippen LogP contribution in [-0.2, 0) is 11.3 Å². The molecule has 0 saturated carbocycles. The average Bonchev–Trinajstić information content (AvgIpc) is 3.28. The second-order valence-electron chi connectivity index (χ2n) is 8.98. The van der Waals surface area contributed by atoms with Gasteiger partial charge in [0.2, 0.25) is 11.9 Å². The predicted molar refractivity (Wildman–Crippen MR) is 127 cm³/mol. The molecule has 7 heteroatoms. The lowest BCUT2D eigenvalue weighted by Gasteiger charge is -2.34. The van der Waals surface area contributed by atoms with Crippen LogP contribution < -0.4 is 4.90 Å². The van der Waals surface area contributed by atoms with E-state index in [1.165, 1.54) is 0 Å². The summed E-state index contributed by atoms with van der Waals surface area (Å²) in [5, 5.41) is 0. The van der Waals surface area contributed by atoms with Crippen LogP contribution >= 0.6 is 0 Å². The van der Waals surface area contributed by atoms with E-state index in [1.807, 2.05) is 59.1 Å². The van der Waals surface area contributed by atoms with Crippen LogP contribution in [0.1, 0.15) is 50.0 Å². The molecular formula is C25H32N6O. The van der Waals surface area contributed by atoms with Crippen LogP contribution in [0.2, 0.25) is 0 Å². The van der Waals surface area contributed by atoms with Gasteiger partial charge in [0.25, 0.3) is 0 Å². The van der Waals surface area contributed by atoms with E-state index in [0.717, 1.165) is 42.0 Å². The monoisotopic (exact) mass is 432 g/mol. The third kappa shape index (κ3) is 4.66. The topological polar surface area (TPSA) is 67.2 Å². The van der Waals surface area contributed by atoms with Crippen LogP contribution in [0.25, 0.3) is 11.1 Å². The molecule has 0 unspecified atom stereocenters. The molecule has 2 aromatic heterocycles. The third-order valence-electron chi connectivity index (χ3n) is 6.02. The van der Waals surface area contributed by atoms with Crippen LogP contribution in [0.4, 0.5) is 5.95 Å². The summed E-state index contributed by atoms with van der Waals surface area (Å²) in [5.74, 6) is 2.24. The molecule has 4 rings (SSSR count). The van der Waals surface area contributed by atoms with Crippen LogP contribution in [0, 0.1) is 0 Å². The number of rotatable bonds is 6. The van der Waals surface area contributed by atoms with E-state index < -0.39 is 0 Å². The highest BCUT2D eigenvalue weighted by atomic mass is 16.2. The van der Waals surface area contributed by atoms with Crippen molar-refractivity contribution in [2.24, 2.45) is 0 Å². The first kappa shape index (κ1) is 22.0. The standard InChI is InChI=1S/C25H32N6O/c1-18(2)24-26-12-14-31(24)17-22(32)30-13-8-11-20(16-30)23-21(19-9-6-5-7-10-19)15-27-25(28-23)29(3)4/h5-7,9-10,12,14-15,18,20H,8,11,13,16-17H2,1-4H3/t20-/m0/s1. The van der Waals surface area contributed by atoms with Crippen molar-refractivity contribution >= 4 is 11.9 Å². The predicted octanol–water partition coefficient (Wildman–Crippen LogP) is 3.94. The Kier molecular flexibility index (Phi) is 6.53. The first-order valence-electron chi connectivity index (χ1n) is 11.3. The summed E-state index contributed by atoms with van der Waals surface area (Å²) in [6.07, 6.45) is 7.57. The van der Waals surface area contributed by atoms with Crippen molar-refractivity contribution in [2.75, 3.05) is 32.1 Å². The summed E-state index contributed by atoms with van der Waals surface area (Å²) >= 11 is 0. The number of piperidine rings is 1. The van der Waals surface area contributed by atoms with Gasteiger partial charge >= 0.3 is 0 Å². The highest BCUT2D eigenvalue weighted by molar-refractivity contribution is 5.76. The Bertz CT molecular complexity index is 1060. The van der Waals surface area contributed by atoms with E-state index in [4.69, 9.17) is 4.98 Å². The van der Waals surface area contributed by atoms with Crippen molar-refractivity contribution in [1.82, 2.24) is 24.4 Å². The Labute approximate surface area is 190 Å². The lowest BCUT2D eigenvalue weighted by molar-refractivity contribution is -0.133. The van der Waals surface area contributed by atoms with Gasteiger partial charge in [0.1, 0.15) is 12.4 Å². The van der Waals surface area contributed by atoms with Gasteiger partial charge in [-0.2, -0.15) is 0 Å². The average molecular weight is 433 g/mol. The van der Waals surface area contributed by atoms with Gasteiger partial charge in [0, 0.05) is 63.2 Å². The third-order valence-corrected chi connectivity index (χ3v) is 6.02. The van der Waals surface area contributed by atoms with Crippen LogP contribution in [0.3, 0.4) is 0 Å². The fourth-order valence-electron chi connectivity index (χ4n) is 4.38. The zero-order valence-corrected chi connectivity index (χ0v) is 19.4. The molecule has 7 nitrogen and oxygen atoms in total. The van der Waals surface area contributed by atoms with Gasteiger partial charge in [-0.1, -0.05) is 44.2 Å². The molecule has 0 radical (unpaired) electrons. The second kappa shape index (κ2) is 9.51. The molecule has 0 spiro atoms. The van der Waals surface area contributed by atoms with Gasteiger partial charge in [-0.3, -0.25) is 4.79 Å². The van der Waals surface area contributed by atoms with E-state index in [9.17, 15) is 4.79 Å². The number of hydrogen-bond acceptors (Lipinski definition) is 5. The normalized spacial score (nSPS) is 16.4. The molecule has 32 heavy (non-hydrogen) atoms. The molecular weight excluding hydrogens is 400 g/mol. The minimum Gasteiger partial charge on any atom is -0.347 e. The molecule has 1 saturated heterocycles. The van der Waals surface area contributed by atoms with Gasteiger partial charge in [-0.15, -0.1) is 0 Å². The van der Waals surface area contributed by atoms with Crippen molar-refractivity contribution < 1.29 is 4.79 Å². The minimum atomic E-state index is 0.137. The van der Waals surface area contributed by atoms with Crippen molar-refractivity contribution in [1.29, 1.82) is 0 Å². The van der Waals surface area contributed by atoms with Gasteiger partial charge in [-0.25, -0.2) is 15.0 Å². The first-order chi connectivity index (χ1) is 15.4. The Morgan fingerprint density at radius 3 is 2.69 bits per heavy atom. The number of anilines is 1. The van der Waals surface area contributed by atoms with Gasteiger partial charge in [0.05, 0.1) is 5.69 Å². The maximum Gasteiger partial charge on any atom is 0.242 e. The highest BCUT2D eigenvalue weighted by Gasteiger charge is 2.28. The van der Waals surface area contributed by atoms with Crippen molar-refractivity contribution in [3.63, 3.8) is 0 Å². The summed E-state index contributed by atoms with van der Waals surface area (Å²) in [4.78, 5) is 31.0. The molecule has 1 atom stereocenters. The molecule has 1 aromatic carbocycles. The van der Waals surface area contributed by atoms with Crippen LogP contribution in [0.5, 0.6) is 0 Å². The number of hydrogen-bond donors (Lipinski definition) is 0. The molecule has 168 valence electrons. The number of aromatic nitrogens is 4. The Morgan fingerprint density at radius 2 is 1.97 bits per heavy atom. The summed E-state index contributed by atoms with van der Waals surface area (Å²) in [6, 6.07) is 10.3. The van der Waals surface area contributed by atoms with E-state index in [2.05, 4.69) is 35.9 Å². The SMILES string of the molecule is CC(C)c1nccn1CC(=O)N1CCC[C@H](c2nc(N(C)C)ncc2-c2ccccc2)C1. The van der Waals surface area contributed by atoms with Crippen molar-refractivity contribution in [3.05, 3.63) is 60.4 Å². The number of likely N-dealkylation sites (tertiary alicyclic amines) is 1. The van der Waals surface area contributed by atoms with Crippen molar-refractivity contribution in [3.8, 4) is 11.1 Å². The number of benzene rings is 1. The number of nitrogens with zero attached hydrogens (tertiary/aromatic N) is 6. The van der Waals surface area contributed by atoms with Gasteiger partial charge in [-0.05, 0) is 18.4 Å². The summed E-state index contributed by atoms with van der Waals surface area (Å²) in [7, 11) is 3.91. The van der Waals surface area contributed by atoms with Crippen LogP contribution in [0.15, 0.2) is 48.9 Å². The van der Waals surface area contributed by atoms with E-state index in [0.29, 0.717) is 19.0 Å².